The zero-order chi connectivity index (χ0) is 11.5. The van der Waals surface area contributed by atoms with Crippen molar-refractivity contribution in [1.82, 2.24) is 10.2 Å². The Hall–Kier alpha value is -0.570. The zero-order valence-corrected chi connectivity index (χ0v) is 10.5. The number of amides is 1. The van der Waals surface area contributed by atoms with Crippen LogP contribution in [0, 0.1) is 5.41 Å². The summed E-state index contributed by atoms with van der Waals surface area (Å²) in [5, 5.41) is 3.35. The van der Waals surface area contributed by atoms with Crippen LogP contribution < -0.4 is 5.32 Å². The van der Waals surface area contributed by atoms with E-state index >= 15 is 0 Å². The molecule has 3 nitrogen and oxygen atoms in total. The van der Waals surface area contributed by atoms with E-state index in [-0.39, 0.29) is 5.41 Å². The van der Waals surface area contributed by atoms with E-state index < -0.39 is 0 Å². The Balaban J connectivity index is 2.33. The lowest BCUT2D eigenvalue weighted by Crippen LogP contribution is -2.51. The highest BCUT2D eigenvalue weighted by molar-refractivity contribution is 5.76. The summed E-state index contributed by atoms with van der Waals surface area (Å²) in [6.45, 7) is 11.3. The molecule has 0 aromatic rings. The Kier molecular flexibility index (Phi) is 4.14. The van der Waals surface area contributed by atoms with Gasteiger partial charge in [-0.15, -0.1) is 0 Å². The smallest absolute Gasteiger partial charge is 0.222 e. The van der Waals surface area contributed by atoms with Gasteiger partial charge in [0.2, 0.25) is 5.91 Å². The molecular weight excluding hydrogens is 188 g/mol. The third-order valence-electron chi connectivity index (χ3n) is 2.81. The number of nitrogens with zero attached hydrogens (tertiary/aromatic N) is 1. The van der Waals surface area contributed by atoms with Gasteiger partial charge < -0.3 is 10.2 Å². The number of hydrogen-bond donors (Lipinski definition) is 1. The molecule has 3 heteroatoms. The van der Waals surface area contributed by atoms with Crippen LogP contribution in [-0.2, 0) is 4.79 Å². The van der Waals surface area contributed by atoms with Gasteiger partial charge in [0.15, 0.2) is 0 Å². The normalized spacial score (nSPS) is 22.9. The molecule has 0 saturated carbocycles. The highest BCUT2D eigenvalue weighted by atomic mass is 16.2. The second-order valence-corrected chi connectivity index (χ2v) is 5.76. The first-order valence-corrected chi connectivity index (χ1v) is 5.90. The van der Waals surface area contributed by atoms with Crippen LogP contribution in [0.4, 0.5) is 0 Å². The molecule has 1 atom stereocenters. The van der Waals surface area contributed by atoms with Crippen LogP contribution in [0.3, 0.4) is 0 Å². The molecule has 1 N–H and O–H groups in total. The second kappa shape index (κ2) is 4.97. The first-order chi connectivity index (χ1) is 6.88. The molecule has 1 aliphatic heterocycles. The SMILES string of the molecule is C[C@H]1CN(C(=O)CCC(C)(C)C)CCN1. The van der Waals surface area contributed by atoms with E-state index in [4.69, 9.17) is 0 Å². The molecule has 1 aliphatic rings. The molecule has 0 unspecified atom stereocenters. The molecule has 0 aliphatic carbocycles. The van der Waals surface area contributed by atoms with E-state index in [0.717, 1.165) is 26.1 Å². The summed E-state index contributed by atoms with van der Waals surface area (Å²) in [6.07, 6.45) is 1.67. The molecule has 0 bridgehead atoms. The summed E-state index contributed by atoms with van der Waals surface area (Å²) in [7, 11) is 0. The van der Waals surface area contributed by atoms with Crippen LogP contribution >= 0.6 is 0 Å². The highest BCUT2D eigenvalue weighted by Crippen LogP contribution is 2.21. The van der Waals surface area contributed by atoms with E-state index in [2.05, 4.69) is 33.0 Å². The molecule has 15 heavy (non-hydrogen) atoms. The zero-order valence-electron chi connectivity index (χ0n) is 10.5. The van der Waals surface area contributed by atoms with Gasteiger partial charge in [-0.25, -0.2) is 0 Å². The van der Waals surface area contributed by atoms with Crippen molar-refractivity contribution in [3.8, 4) is 0 Å². The molecule has 0 radical (unpaired) electrons. The van der Waals surface area contributed by atoms with Gasteiger partial charge in [-0.3, -0.25) is 4.79 Å². The van der Waals surface area contributed by atoms with E-state index in [1.54, 1.807) is 0 Å². The Morgan fingerprint density at radius 3 is 2.67 bits per heavy atom. The maximum atomic E-state index is 11.9. The number of hydrogen-bond acceptors (Lipinski definition) is 2. The number of nitrogens with one attached hydrogen (secondary N) is 1. The van der Waals surface area contributed by atoms with Crippen LogP contribution in [0.1, 0.15) is 40.5 Å². The predicted octanol–water partition coefficient (Wildman–Crippen LogP) is 1.63. The Labute approximate surface area is 93.2 Å². The molecule has 0 aromatic heterocycles. The van der Waals surface area contributed by atoms with Crippen LogP contribution in [0.2, 0.25) is 0 Å². The Bertz CT molecular complexity index is 220. The van der Waals surface area contributed by atoms with Crippen molar-refractivity contribution < 1.29 is 4.79 Å². The number of piperazine rings is 1. The average molecular weight is 212 g/mol. The van der Waals surface area contributed by atoms with Gasteiger partial charge in [-0.1, -0.05) is 20.8 Å². The third-order valence-corrected chi connectivity index (χ3v) is 2.81. The fourth-order valence-electron chi connectivity index (χ4n) is 1.80. The topological polar surface area (TPSA) is 32.3 Å². The minimum Gasteiger partial charge on any atom is -0.340 e. The molecule has 1 amide bonds. The van der Waals surface area contributed by atoms with E-state index in [0.29, 0.717) is 18.4 Å². The standard InChI is InChI=1S/C12H24N2O/c1-10-9-14(8-7-13-10)11(15)5-6-12(2,3)4/h10,13H,5-9H2,1-4H3/t10-/m0/s1. The fraction of sp³-hybridized carbons (Fsp3) is 0.917. The van der Waals surface area contributed by atoms with Crippen LogP contribution in [-0.4, -0.2) is 36.5 Å². The van der Waals surface area contributed by atoms with Crippen molar-refractivity contribution in [1.29, 1.82) is 0 Å². The molecule has 1 heterocycles. The molecule has 1 fully saturated rings. The summed E-state index contributed by atoms with van der Waals surface area (Å²) in [4.78, 5) is 13.9. The highest BCUT2D eigenvalue weighted by Gasteiger charge is 2.21. The lowest BCUT2D eigenvalue weighted by molar-refractivity contribution is -0.132. The summed E-state index contributed by atoms with van der Waals surface area (Å²) in [5.41, 5.74) is 0.259. The molecule has 0 aromatic carbocycles. The van der Waals surface area contributed by atoms with Gasteiger partial charge in [-0.05, 0) is 18.8 Å². The van der Waals surface area contributed by atoms with Crippen LogP contribution in [0.25, 0.3) is 0 Å². The van der Waals surface area contributed by atoms with E-state index in [1.807, 2.05) is 4.90 Å². The van der Waals surface area contributed by atoms with Crippen LogP contribution in [0.15, 0.2) is 0 Å². The molecular formula is C12H24N2O. The van der Waals surface area contributed by atoms with Crippen molar-refractivity contribution >= 4 is 5.91 Å². The number of carbonyl (C=O) groups is 1. The second-order valence-electron chi connectivity index (χ2n) is 5.76. The summed E-state index contributed by atoms with van der Waals surface area (Å²) in [5.74, 6) is 0.318. The van der Waals surface area contributed by atoms with E-state index in [9.17, 15) is 4.79 Å². The summed E-state index contributed by atoms with van der Waals surface area (Å²) in [6, 6.07) is 0.442. The fourth-order valence-corrected chi connectivity index (χ4v) is 1.80. The maximum absolute atomic E-state index is 11.9. The molecule has 1 saturated heterocycles. The number of rotatable bonds is 2. The van der Waals surface area contributed by atoms with Crippen LogP contribution in [0.5, 0.6) is 0 Å². The Morgan fingerprint density at radius 1 is 1.47 bits per heavy atom. The summed E-state index contributed by atoms with van der Waals surface area (Å²) >= 11 is 0. The number of carbonyl (C=O) groups excluding carboxylic acids is 1. The maximum Gasteiger partial charge on any atom is 0.222 e. The largest absolute Gasteiger partial charge is 0.340 e. The van der Waals surface area contributed by atoms with Gasteiger partial charge in [0.05, 0.1) is 0 Å². The minimum absolute atomic E-state index is 0.259. The van der Waals surface area contributed by atoms with Gasteiger partial charge >= 0.3 is 0 Å². The first kappa shape index (κ1) is 12.5. The molecule has 1 rings (SSSR count). The van der Waals surface area contributed by atoms with Gasteiger partial charge in [0, 0.05) is 32.1 Å². The van der Waals surface area contributed by atoms with Gasteiger partial charge in [0.25, 0.3) is 0 Å². The lowest BCUT2D eigenvalue weighted by atomic mass is 9.90. The summed E-state index contributed by atoms with van der Waals surface area (Å²) < 4.78 is 0. The van der Waals surface area contributed by atoms with Gasteiger partial charge in [0.1, 0.15) is 0 Å². The third kappa shape index (κ3) is 4.65. The van der Waals surface area contributed by atoms with Crippen molar-refractivity contribution in [2.24, 2.45) is 5.41 Å². The quantitative estimate of drug-likeness (QED) is 0.754. The average Bonchev–Trinajstić information content (AvgIpc) is 2.13. The van der Waals surface area contributed by atoms with Crippen molar-refractivity contribution in [3.05, 3.63) is 0 Å². The molecule has 0 spiro atoms. The first-order valence-electron chi connectivity index (χ1n) is 5.90. The van der Waals surface area contributed by atoms with Gasteiger partial charge in [-0.2, -0.15) is 0 Å². The van der Waals surface area contributed by atoms with Crippen molar-refractivity contribution in [2.75, 3.05) is 19.6 Å². The lowest BCUT2D eigenvalue weighted by Gasteiger charge is -2.32. The van der Waals surface area contributed by atoms with Crippen molar-refractivity contribution in [2.45, 2.75) is 46.6 Å². The van der Waals surface area contributed by atoms with Crippen molar-refractivity contribution in [3.63, 3.8) is 0 Å². The minimum atomic E-state index is 0.259. The van der Waals surface area contributed by atoms with E-state index in [1.165, 1.54) is 0 Å². The Morgan fingerprint density at radius 2 is 2.13 bits per heavy atom. The monoisotopic (exact) mass is 212 g/mol. The molecule has 88 valence electrons. The predicted molar refractivity (Wildman–Crippen MR) is 62.7 cm³/mol.